The largest absolute Gasteiger partial charge is 0.475 e. The maximum Gasteiger partial charge on any atom is 0.407 e. The van der Waals surface area contributed by atoms with E-state index in [1.807, 2.05) is 6.92 Å². The van der Waals surface area contributed by atoms with Crippen molar-refractivity contribution in [2.24, 2.45) is 0 Å². The number of carboxylic acid groups (broad SMARTS) is 1. The van der Waals surface area contributed by atoms with Crippen LogP contribution in [0, 0.1) is 6.92 Å². The summed E-state index contributed by atoms with van der Waals surface area (Å²) in [5.41, 5.74) is 0.694. The van der Waals surface area contributed by atoms with Crippen molar-refractivity contribution < 1.29 is 24.2 Å². The lowest BCUT2D eigenvalue weighted by molar-refractivity contribution is -0.122. The SMILES string of the molecule is Cc1ncccc1Oc1ncnc2c1OCC(=O)N2C1CCN(C(=O)O)CC1. The molecule has 0 radical (unpaired) electrons. The molecular formula is C18H19N5O5. The van der Waals surface area contributed by atoms with E-state index in [1.165, 1.54) is 11.2 Å². The van der Waals surface area contributed by atoms with Gasteiger partial charge in [0.1, 0.15) is 6.33 Å². The molecule has 2 aromatic rings. The first-order valence-corrected chi connectivity index (χ1v) is 8.92. The number of likely N-dealkylation sites (tertiary alicyclic amines) is 1. The van der Waals surface area contributed by atoms with Gasteiger partial charge in [-0.15, -0.1) is 0 Å². The van der Waals surface area contributed by atoms with Gasteiger partial charge >= 0.3 is 6.09 Å². The van der Waals surface area contributed by atoms with Gasteiger partial charge in [0.15, 0.2) is 18.2 Å². The van der Waals surface area contributed by atoms with Gasteiger partial charge in [0.2, 0.25) is 5.75 Å². The van der Waals surface area contributed by atoms with Gasteiger partial charge in [-0.1, -0.05) is 0 Å². The van der Waals surface area contributed by atoms with Crippen molar-refractivity contribution in [2.45, 2.75) is 25.8 Å². The smallest absolute Gasteiger partial charge is 0.407 e. The van der Waals surface area contributed by atoms with Gasteiger partial charge in [-0.3, -0.25) is 14.7 Å². The highest BCUT2D eigenvalue weighted by Crippen LogP contribution is 2.41. The number of ether oxygens (including phenoxy) is 2. The van der Waals surface area contributed by atoms with Crippen molar-refractivity contribution in [1.29, 1.82) is 0 Å². The minimum atomic E-state index is -0.947. The summed E-state index contributed by atoms with van der Waals surface area (Å²) in [6, 6.07) is 3.36. The second-order valence-electron chi connectivity index (χ2n) is 6.57. The summed E-state index contributed by atoms with van der Waals surface area (Å²) in [5, 5.41) is 9.13. The molecule has 2 aliphatic heterocycles. The Morgan fingerprint density at radius 2 is 2.07 bits per heavy atom. The van der Waals surface area contributed by atoms with E-state index < -0.39 is 6.09 Å². The van der Waals surface area contributed by atoms with Crippen molar-refractivity contribution in [2.75, 3.05) is 24.6 Å². The molecule has 4 rings (SSSR count). The number of amides is 2. The Hall–Kier alpha value is -3.43. The zero-order chi connectivity index (χ0) is 19.7. The second kappa shape index (κ2) is 7.29. The number of hydrogen-bond donors (Lipinski definition) is 1. The molecule has 0 aliphatic carbocycles. The lowest BCUT2D eigenvalue weighted by Gasteiger charge is -2.39. The Balaban J connectivity index is 1.62. The molecule has 10 heteroatoms. The quantitative estimate of drug-likeness (QED) is 0.850. The average molecular weight is 385 g/mol. The first-order valence-electron chi connectivity index (χ1n) is 8.92. The first-order chi connectivity index (χ1) is 13.5. The van der Waals surface area contributed by atoms with Crippen LogP contribution in [0.25, 0.3) is 0 Å². The second-order valence-corrected chi connectivity index (χ2v) is 6.57. The van der Waals surface area contributed by atoms with Crippen LogP contribution >= 0.6 is 0 Å². The molecule has 1 saturated heterocycles. The number of pyridine rings is 1. The van der Waals surface area contributed by atoms with Crippen LogP contribution in [0.15, 0.2) is 24.7 Å². The van der Waals surface area contributed by atoms with E-state index in [4.69, 9.17) is 14.6 Å². The third kappa shape index (κ3) is 3.28. The van der Waals surface area contributed by atoms with Gasteiger partial charge in [0.25, 0.3) is 11.8 Å². The molecule has 0 bridgehead atoms. The monoisotopic (exact) mass is 385 g/mol. The third-order valence-electron chi connectivity index (χ3n) is 4.85. The number of anilines is 1. The predicted molar refractivity (Wildman–Crippen MR) is 96.7 cm³/mol. The Morgan fingerprint density at radius 3 is 2.79 bits per heavy atom. The molecular weight excluding hydrogens is 366 g/mol. The minimum absolute atomic E-state index is 0.151. The van der Waals surface area contributed by atoms with Crippen LogP contribution in [0.2, 0.25) is 0 Å². The van der Waals surface area contributed by atoms with E-state index >= 15 is 0 Å². The Morgan fingerprint density at radius 1 is 1.29 bits per heavy atom. The van der Waals surface area contributed by atoms with E-state index in [9.17, 15) is 9.59 Å². The highest BCUT2D eigenvalue weighted by Gasteiger charge is 2.37. The standard InChI is InChI=1S/C18H19N5O5/c1-11-13(3-2-6-19-11)28-17-15-16(20-10-21-17)23(14(24)9-27-15)12-4-7-22(8-5-12)18(25)26/h2-3,6,10,12H,4-5,7-9H2,1H3,(H,25,26). The number of piperidine rings is 1. The number of carbonyl (C=O) groups excluding carboxylic acids is 1. The molecule has 146 valence electrons. The fraction of sp³-hybridized carbons (Fsp3) is 0.389. The molecule has 4 heterocycles. The summed E-state index contributed by atoms with van der Waals surface area (Å²) in [6.45, 7) is 2.39. The number of nitrogens with zero attached hydrogens (tertiary/aromatic N) is 5. The number of fused-ring (bicyclic) bond motifs is 1. The van der Waals surface area contributed by atoms with Gasteiger partial charge in [-0.2, -0.15) is 4.98 Å². The molecule has 2 aromatic heterocycles. The predicted octanol–water partition coefficient (Wildman–Crippen LogP) is 1.84. The zero-order valence-corrected chi connectivity index (χ0v) is 15.2. The number of rotatable bonds is 3. The van der Waals surface area contributed by atoms with Gasteiger partial charge in [0, 0.05) is 25.3 Å². The van der Waals surface area contributed by atoms with Crippen LogP contribution in [0.1, 0.15) is 18.5 Å². The van der Waals surface area contributed by atoms with Gasteiger partial charge in [0.05, 0.1) is 5.69 Å². The minimum Gasteiger partial charge on any atom is -0.475 e. The van der Waals surface area contributed by atoms with Crippen LogP contribution in [0.3, 0.4) is 0 Å². The zero-order valence-electron chi connectivity index (χ0n) is 15.2. The first kappa shape index (κ1) is 18.0. The summed E-state index contributed by atoms with van der Waals surface area (Å²) >= 11 is 0. The molecule has 2 aliphatic rings. The van der Waals surface area contributed by atoms with Gasteiger partial charge in [-0.05, 0) is 31.9 Å². The summed E-state index contributed by atoms with van der Waals surface area (Å²) in [6.07, 6.45) is 3.09. The fourth-order valence-electron chi connectivity index (χ4n) is 3.41. The molecule has 0 atom stereocenters. The Kier molecular flexibility index (Phi) is 4.68. The highest BCUT2D eigenvalue weighted by molar-refractivity contribution is 5.97. The van der Waals surface area contributed by atoms with E-state index in [2.05, 4.69) is 15.0 Å². The number of aromatic nitrogens is 3. The van der Waals surface area contributed by atoms with Gasteiger partial charge in [-0.25, -0.2) is 9.78 Å². The summed E-state index contributed by atoms with van der Waals surface area (Å²) in [4.78, 5) is 39.2. The molecule has 0 spiro atoms. The van der Waals surface area contributed by atoms with E-state index in [0.717, 1.165) is 0 Å². The molecule has 10 nitrogen and oxygen atoms in total. The summed E-state index contributed by atoms with van der Waals surface area (Å²) in [5.74, 6) is 1.16. The van der Waals surface area contributed by atoms with Crippen LogP contribution in [-0.2, 0) is 4.79 Å². The fourth-order valence-corrected chi connectivity index (χ4v) is 3.41. The van der Waals surface area contributed by atoms with Crippen LogP contribution in [0.5, 0.6) is 17.4 Å². The average Bonchev–Trinajstić information content (AvgIpc) is 2.70. The highest BCUT2D eigenvalue weighted by atomic mass is 16.5. The van der Waals surface area contributed by atoms with Crippen molar-refractivity contribution in [3.63, 3.8) is 0 Å². The Labute approximate surface area is 160 Å². The number of hydrogen-bond acceptors (Lipinski definition) is 7. The molecule has 0 aromatic carbocycles. The van der Waals surface area contributed by atoms with Crippen molar-refractivity contribution in [3.05, 3.63) is 30.4 Å². The molecule has 0 saturated carbocycles. The maximum absolute atomic E-state index is 12.6. The van der Waals surface area contributed by atoms with Crippen molar-refractivity contribution >= 4 is 17.8 Å². The third-order valence-corrected chi connectivity index (χ3v) is 4.85. The number of aryl methyl sites for hydroxylation is 1. The van der Waals surface area contributed by atoms with Crippen LogP contribution < -0.4 is 14.4 Å². The summed E-state index contributed by atoms with van der Waals surface area (Å²) in [7, 11) is 0. The maximum atomic E-state index is 12.6. The Bertz CT molecular complexity index is 913. The molecule has 0 unspecified atom stereocenters. The van der Waals surface area contributed by atoms with E-state index in [1.54, 1.807) is 23.2 Å². The molecule has 1 N–H and O–H groups in total. The van der Waals surface area contributed by atoms with Gasteiger partial charge < -0.3 is 19.5 Å². The molecule has 28 heavy (non-hydrogen) atoms. The summed E-state index contributed by atoms with van der Waals surface area (Å²) < 4.78 is 11.5. The van der Waals surface area contributed by atoms with E-state index in [-0.39, 0.29) is 24.4 Å². The lowest BCUT2D eigenvalue weighted by Crippen LogP contribution is -2.51. The van der Waals surface area contributed by atoms with Crippen molar-refractivity contribution in [3.8, 4) is 17.4 Å². The van der Waals surface area contributed by atoms with Crippen LogP contribution in [0.4, 0.5) is 10.6 Å². The molecule has 1 fully saturated rings. The topological polar surface area (TPSA) is 118 Å². The normalized spacial score (nSPS) is 17.1. The van der Waals surface area contributed by atoms with Crippen LogP contribution in [-0.4, -0.2) is 62.7 Å². The number of carbonyl (C=O) groups is 2. The molecule has 2 amide bonds. The van der Waals surface area contributed by atoms with Crippen molar-refractivity contribution in [1.82, 2.24) is 19.9 Å². The lowest BCUT2D eigenvalue weighted by atomic mass is 10.0. The van der Waals surface area contributed by atoms with E-state index in [0.29, 0.717) is 48.9 Å².